The zero-order valence-electron chi connectivity index (χ0n) is 10.9. The van der Waals surface area contributed by atoms with Gasteiger partial charge in [0.2, 0.25) is 0 Å². The molecule has 0 aliphatic rings. The van der Waals surface area contributed by atoms with E-state index in [0.717, 1.165) is 11.3 Å². The first kappa shape index (κ1) is 15.3. The van der Waals surface area contributed by atoms with Crippen LogP contribution in [0.3, 0.4) is 0 Å². The van der Waals surface area contributed by atoms with Gasteiger partial charge in [0.15, 0.2) is 5.13 Å². The molecule has 1 heterocycles. The minimum atomic E-state index is -0.974. The molecule has 1 amide bonds. The standard InChI is InChI=1S/C13H11ClN2O4S/c1-20-10-4-7(14)2-3-9(10)12(19)16-13-15-8(6-21-13)5-11(17)18/h2-4,6H,5H2,1H3,(H,17,18)(H,15,16,19). The van der Waals surface area contributed by atoms with E-state index >= 15 is 0 Å². The maximum atomic E-state index is 12.2. The number of hydrogen-bond acceptors (Lipinski definition) is 5. The number of carboxylic acid groups (broad SMARTS) is 1. The fourth-order valence-corrected chi connectivity index (χ4v) is 2.48. The summed E-state index contributed by atoms with van der Waals surface area (Å²) < 4.78 is 5.10. The molecule has 110 valence electrons. The number of aromatic nitrogens is 1. The lowest BCUT2D eigenvalue weighted by Crippen LogP contribution is -2.13. The fourth-order valence-electron chi connectivity index (χ4n) is 1.62. The molecule has 0 fully saturated rings. The number of ether oxygens (including phenoxy) is 1. The first-order valence-corrected chi connectivity index (χ1v) is 7.06. The molecule has 2 rings (SSSR count). The van der Waals surface area contributed by atoms with E-state index < -0.39 is 11.9 Å². The van der Waals surface area contributed by atoms with Gasteiger partial charge in [-0.15, -0.1) is 11.3 Å². The molecule has 8 heteroatoms. The molecule has 0 unspecified atom stereocenters. The van der Waals surface area contributed by atoms with Crippen LogP contribution in [-0.2, 0) is 11.2 Å². The van der Waals surface area contributed by atoms with Crippen LogP contribution in [0.25, 0.3) is 0 Å². The predicted octanol–water partition coefficient (Wildman–Crippen LogP) is 2.68. The summed E-state index contributed by atoms with van der Waals surface area (Å²) in [6.07, 6.45) is -0.184. The van der Waals surface area contributed by atoms with E-state index in [9.17, 15) is 9.59 Å². The van der Waals surface area contributed by atoms with Crippen LogP contribution in [0, 0.1) is 0 Å². The van der Waals surface area contributed by atoms with Crippen molar-refractivity contribution in [3.8, 4) is 5.75 Å². The highest BCUT2D eigenvalue weighted by molar-refractivity contribution is 7.14. The highest BCUT2D eigenvalue weighted by atomic mass is 35.5. The molecule has 6 nitrogen and oxygen atoms in total. The van der Waals surface area contributed by atoms with Crippen molar-refractivity contribution in [3.63, 3.8) is 0 Å². The van der Waals surface area contributed by atoms with Crippen molar-refractivity contribution in [1.82, 2.24) is 4.98 Å². The molecule has 21 heavy (non-hydrogen) atoms. The molecule has 0 aliphatic heterocycles. The number of hydrogen-bond donors (Lipinski definition) is 2. The molecule has 1 aromatic carbocycles. The van der Waals surface area contributed by atoms with Crippen LogP contribution in [0.5, 0.6) is 5.75 Å². The smallest absolute Gasteiger partial charge is 0.309 e. The largest absolute Gasteiger partial charge is 0.496 e. The SMILES string of the molecule is COc1cc(Cl)ccc1C(=O)Nc1nc(CC(=O)O)cs1. The van der Waals surface area contributed by atoms with E-state index in [-0.39, 0.29) is 6.42 Å². The number of carbonyl (C=O) groups is 2. The summed E-state index contributed by atoms with van der Waals surface area (Å²) >= 11 is 6.99. The summed E-state index contributed by atoms with van der Waals surface area (Å²) in [6.45, 7) is 0. The zero-order valence-corrected chi connectivity index (χ0v) is 12.5. The van der Waals surface area contributed by atoms with Crippen molar-refractivity contribution < 1.29 is 19.4 Å². The Morgan fingerprint density at radius 3 is 2.90 bits per heavy atom. The second-order valence-electron chi connectivity index (χ2n) is 4.01. The van der Waals surface area contributed by atoms with E-state index in [2.05, 4.69) is 10.3 Å². The van der Waals surface area contributed by atoms with Gasteiger partial charge in [-0.25, -0.2) is 4.98 Å². The molecular formula is C13H11ClN2O4S. The molecule has 0 saturated carbocycles. The first-order valence-electron chi connectivity index (χ1n) is 5.80. The van der Waals surface area contributed by atoms with Crippen LogP contribution >= 0.6 is 22.9 Å². The Morgan fingerprint density at radius 1 is 1.48 bits per heavy atom. The number of thiazole rings is 1. The number of anilines is 1. The number of nitrogens with zero attached hydrogens (tertiary/aromatic N) is 1. The highest BCUT2D eigenvalue weighted by Crippen LogP contribution is 2.25. The summed E-state index contributed by atoms with van der Waals surface area (Å²) in [4.78, 5) is 26.8. The average Bonchev–Trinajstić information content (AvgIpc) is 2.84. The predicted molar refractivity (Wildman–Crippen MR) is 79.4 cm³/mol. The van der Waals surface area contributed by atoms with Crippen LogP contribution in [0.2, 0.25) is 5.02 Å². The number of rotatable bonds is 5. The van der Waals surface area contributed by atoms with Gasteiger partial charge in [0, 0.05) is 10.4 Å². The minimum absolute atomic E-state index is 0.184. The van der Waals surface area contributed by atoms with Gasteiger partial charge in [-0.2, -0.15) is 0 Å². The Hall–Kier alpha value is -2.12. The normalized spacial score (nSPS) is 10.2. The summed E-state index contributed by atoms with van der Waals surface area (Å²) in [5.74, 6) is -1.03. The molecule has 1 aromatic heterocycles. The third kappa shape index (κ3) is 3.93. The lowest BCUT2D eigenvalue weighted by molar-refractivity contribution is -0.136. The van der Waals surface area contributed by atoms with Crippen LogP contribution in [0.15, 0.2) is 23.6 Å². The quantitative estimate of drug-likeness (QED) is 0.881. The van der Waals surface area contributed by atoms with Crippen LogP contribution in [0.4, 0.5) is 5.13 Å². The molecular weight excluding hydrogens is 316 g/mol. The van der Waals surface area contributed by atoms with Crippen LogP contribution < -0.4 is 10.1 Å². The van der Waals surface area contributed by atoms with Crippen LogP contribution in [0.1, 0.15) is 16.1 Å². The molecule has 2 aromatic rings. The summed E-state index contributed by atoms with van der Waals surface area (Å²) in [6, 6.07) is 4.66. The Balaban J connectivity index is 2.14. The van der Waals surface area contributed by atoms with Crippen molar-refractivity contribution in [2.45, 2.75) is 6.42 Å². The number of nitrogens with one attached hydrogen (secondary N) is 1. The second-order valence-corrected chi connectivity index (χ2v) is 5.31. The number of amides is 1. The van der Waals surface area contributed by atoms with Crippen LogP contribution in [-0.4, -0.2) is 29.1 Å². The maximum Gasteiger partial charge on any atom is 0.309 e. The number of methoxy groups -OCH3 is 1. The van der Waals surface area contributed by atoms with Crippen molar-refractivity contribution >= 4 is 39.9 Å². The van der Waals surface area contributed by atoms with E-state index in [1.165, 1.54) is 13.2 Å². The summed E-state index contributed by atoms with van der Waals surface area (Å²) in [7, 11) is 1.44. The summed E-state index contributed by atoms with van der Waals surface area (Å²) in [5.41, 5.74) is 0.711. The van der Waals surface area contributed by atoms with E-state index in [4.69, 9.17) is 21.4 Å². The van der Waals surface area contributed by atoms with Gasteiger partial charge in [0.1, 0.15) is 5.75 Å². The third-order valence-electron chi connectivity index (χ3n) is 2.51. The maximum absolute atomic E-state index is 12.2. The number of aliphatic carboxylic acids is 1. The number of carboxylic acids is 1. The van der Waals surface area contributed by atoms with Gasteiger partial charge in [-0.05, 0) is 18.2 Å². The van der Waals surface area contributed by atoms with Gasteiger partial charge in [0.25, 0.3) is 5.91 Å². The minimum Gasteiger partial charge on any atom is -0.496 e. The number of benzene rings is 1. The van der Waals surface area contributed by atoms with E-state index in [1.807, 2.05) is 0 Å². The lowest BCUT2D eigenvalue weighted by atomic mass is 10.2. The lowest BCUT2D eigenvalue weighted by Gasteiger charge is -2.08. The fraction of sp³-hybridized carbons (Fsp3) is 0.154. The molecule has 0 aliphatic carbocycles. The third-order valence-corrected chi connectivity index (χ3v) is 3.55. The van der Waals surface area contributed by atoms with Crippen molar-refractivity contribution in [2.24, 2.45) is 0 Å². The molecule has 0 bridgehead atoms. The number of halogens is 1. The monoisotopic (exact) mass is 326 g/mol. The molecule has 0 atom stereocenters. The second kappa shape index (κ2) is 6.55. The Labute approximate surface area is 129 Å². The molecule has 0 radical (unpaired) electrons. The molecule has 0 spiro atoms. The van der Waals surface area contributed by atoms with Crippen molar-refractivity contribution in [3.05, 3.63) is 39.9 Å². The summed E-state index contributed by atoms with van der Waals surface area (Å²) in [5, 5.41) is 13.6. The van der Waals surface area contributed by atoms with Gasteiger partial charge < -0.3 is 9.84 Å². The average molecular weight is 327 g/mol. The molecule has 0 saturated heterocycles. The highest BCUT2D eigenvalue weighted by Gasteiger charge is 2.15. The van der Waals surface area contributed by atoms with E-state index in [0.29, 0.717) is 27.2 Å². The van der Waals surface area contributed by atoms with Gasteiger partial charge in [-0.3, -0.25) is 14.9 Å². The van der Waals surface area contributed by atoms with Crippen molar-refractivity contribution in [2.75, 3.05) is 12.4 Å². The topological polar surface area (TPSA) is 88.5 Å². The Morgan fingerprint density at radius 2 is 2.24 bits per heavy atom. The Kier molecular flexibility index (Phi) is 4.77. The number of carbonyl (C=O) groups excluding carboxylic acids is 1. The van der Waals surface area contributed by atoms with E-state index in [1.54, 1.807) is 17.5 Å². The van der Waals surface area contributed by atoms with Gasteiger partial charge >= 0.3 is 5.97 Å². The van der Waals surface area contributed by atoms with Gasteiger partial charge in [-0.1, -0.05) is 11.6 Å². The zero-order chi connectivity index (χ0) is 15.4. The van der Waals surface area contributed by atoms with Crippen molar-refractivity contribution in [1.29, 1.82) is 0 Å². The first-order chi connectivity index (χ1) is 9.99. The Bertz CT molecular complexity index is 687. The molecule has 2 N–H and O–H groups in total. The van der Waals surface area contributed by atoms with Gasteiger partial charge in [0.05, 0.1) is 24.8 Å².